The van der Waals surface area contributed by atoms with Gasteiger partial charge in [0.2, 0.25) is 0 Å². The summed E-state index contributed by atoms with van der Waals surface area (Å²) < 4.78 is 6.09. The molecule has 0 saturated heterocycles. The number of hydrogen-bond acceptors (Lipinski definition) is 3. The molecule has 4 nitrogen and oxygen atoms in total. The molecule has 1 N–H and O–H groups in total. The number of rotatable bonds is 5. The number of benzene rings is 2. The first-order chi connectivity index (χ1) is 9.99. The van der Waals surface area contributed by atoms with E-state index in [0.29, 0.717) is 10.0 Å². The Bertz CT molecular complexity index is 680. The van der Waals surface area contributed by atoms with E-state index in [2.05, 4.69) is 15.9 Å². The third kappa shape index (κ3) is 3.70. The van der Waals surface area contributed by atoms with Crippen LogP contribution in [0.3, 0.4) is 0 Å². The van der Waals surface area contributed by atoms with Crippen LogP contribution in [0.5, 0.6) is 5.75 Å². The number of carbonyl (C=O) groups is 2. The summed E-state index contributed by atoms with van der Waals surface area (Å²) in [6.07, 6.45) is 0. The number of carboxylic acid groups (broad SMARTS) is 1. The predicted molar refractivity (Wildman–Crippen MR) is 81.9 cm³/mol. The average Bonchev–Trinajstić information content (AvgIpc) is 2.45. The number of halogens is 1. The van der Waals surface area contributed by atoms with Gasteiger partial charge in [0.15, 0.2) is 5.78 Å². The maximum atomic E-state index is 11.5. The van der Waals surface area contributed by atoms with Gasteiger partial charge in [-0.2, -0.15) is 0 Å². The zero-order chi connectivity index (χ0) is 15.4. The smallest absolute Gasteiger partial charge is 0.339 e. The van der Waals surface area contributed by atoms with Crippen LogP contribution in [0.15, 0.2) is 46.9 Å². The normalized spacial score (nSPS) is 10.2. The number of carbonyl (C=O) groups excluding carboxylic acids is 1. The lowest BCUT2D eigenvalue weighted by molar-refractivity contribution is 0.0691. The summed E-state index contributed by atoms with van der Waals surface area (Å²) in [7, 11) is 0. The number of Topliss-reactive ketones (excluding diaryl/α,β-unsaturated/α-hetero) is 1. The first-order valence-corrected chi connectivity index (χ1v) is 7.03. The first-order valence-electron chi connectivity index (χ1n) is 6.23. The van der Waals surface area contributed by atoms with Crippen LogP contribution in [0, 0.1) is 0 Å². The van der Waals surface area contributed by atoms with Gasteiger partial charge in [0.25, 0.3) is 0 Å². The topological polar surface area (TPSA) is 63.6 Å². The molecule has 0 heterocycles. The van der Waals surface area contributed by atoms with Gasteiger partial charge in [0.1, 0.15) is 17.9 Å². The predicted octanol–water partition coefficient (Wildman–Crippen LogP) is 3.93. The SMILES string of the molecule is CC(=O)c1cc(C(=O)O)c(OCc2ccccc2)cc1Br. The molecule has 0 unspecified atom stereocenters. The fraction of sp³-hybridized carbons (Fsp3) is 0.125. The van der Waals surface area contributed by atoms with E-state index in [1.54, 1.807) is 0 Å². The lowest BCUT2D eigenvalue weighted by Gasteiger charge is -2.11. The highest BCUT2D eigenvalue weighted by Gasteiger charge is 2.17. The van der Waals surface area contributed by atoms with Crippen LogP contribution in [-0.2, 0) is 6.61 Å². The van der Waals surface area contributed by atoms with Gasteiger partial charge in [0.05, 0.1) is 0 Å². The van der Waals surface area contributed by atoms with Gasteiger partial charge in [-0.1, -0.05) is 30.3 Å². The van der Waals surface area contributed by atoms with E-state index in [4.69, 9.17) is 4.74 Å². The summed E-state index contributed by atoms with van der Waals surface area (Å²) in [5, 5.41) is 9.25. The van der Waals surface area contributed by atoms with Crippen molar-refractivity contribution in [3.05, 3.63) is 63.6 Å². The first kappa shape index (κ1) is 15.3. The molecule has 5 heteroatoms. The molecule has 0 aliphatic carbocycles. The van der Waals surface area contributed by atoms with Gasteiger partial charge < -0.3 is 9.84 Å². The summed E-state index contributed by atoms with van der Waals surface area (Å²) in [6.45, 7) is 1.64. The van der Waals surface area contributed by atoms with E-state index in [-0.39, 0.29) is 23.7 Å². The Kier molecular flexibility index (Phi) is 4.75. The lowest BCUT2D eigenvalue weighted by atomic mass is 10.1. The molecular formula is C16H13BrO4. The van der Waals surface area contributed by atoms with E-state index >= 15 is 0 Å². The van der Waals surface area contributed by atoms with Crippen molar-refractivity contribution in [2.75, 3.05) is 0 Å². The zero-order valence-electron chi connectivity index (χ0n) is 11.3. The number of ketones is 1. The quantitative estimate of drug-likeness (QED) is 0.831. The van der Waals surface area contributed by atoms with Gasteiger partial charge in [-0.25, -0.2) is 4.79 Å². The number of carboxylic acids is 1. The van der Waals surface area contributed by atoms with E-state index in [9.17, 15) is 14.7 Å². The molecule has 21 heavy (non-hydrogen) atoms. The van der Waals surface area contributed by atoms with E-state index in [0.717, 1.165) is 5.56 Å². The minimum absolute atomic E-state index is 0.0284. The molecule has 0 aromatic heterocycles. The van der Waals surface area contributed by atoms with Crippen LogP contribution in [0.2, 0.25) is 0 Å². The highest BCUT2D eigenvalue weighted by atomic mass is 79.9. The van der Waals surface area contributed by atoms with Crippen molar-refractivity contribution < 1.29 is 19.4 Å². The fourth-order valence-corrected chi connectivity index (χ4v) is 2.45. The molecule has 0 saturated carbocycles. The Labute approximate surface area is 130 Å². The number of hydrogen-bond donors (Lipinski definition) is 1. The van der Waals surface area contributed by atoms with Crippen LogP contribution < -0.4 is 4.74 Å². The van der Waals surface area contributed by atoms with E-state index in [1.807, 2.05) is 30.3 Å². The van der Waals surface area contributed by atoms with E-state index in [1.165, 1.54) is 19.1 Å². The van der Waals surface area contributed by atoms with Crippen LogP contribution in [0.4, 0.5) is 0 Å². The van der Waals surface area contributed by atoms with Crippen LogP contribution in [-0.4, -0.2) is 16.9 Å². The minimum Gasteiger partial charge on any atom is -0.488 e. The lowest BCUT2D eigenvalue weighted by Crippen LogP contribution is -2.06. The van der Waals surface area contributed by atoms with Crippen molar-refractivity contribution in [3.8, 4) is 5.75 Å². The number of ether oxygens (including phenoxy) is 1. The van der Waals surface area contributed by atoms with Crippen LogP contribution >= 0.6 is 15.9 Å². The summed E-state index contributed by atoms with van der Waals surface area (Å²) in [5.41, 5.74) is 1.22. The Morgan fingerprint density at radius 2 is 1.81 bits per heavy atom. The third-order valence-electron chi connectivity index (χ3n) is 2.92. The molecule has 2 aromatic rings. The summed E-state index contributed by atoms with van der Waals surface area (Å²) in [5.74, 6) is -1.12. The molecule has 0 spiro atoms. The molecule has 108 valence electrons. The van der Waals surface area contributed by atoms with Gasteiger partial charge in [-0.05, 0) is 40.5 Å². The monoisotopic (exact) mass is 348 g/mol. The highest BCUT2D eigenvalue weighted by Crippen LogP contribution is 2.29. The Balaban J connectivity index is 2.32. The largest absolute Gasteiger partial charge is 0.488 e. The average molecular weight is 349 g/mol. The maximum Gasteiger partial charge on any atom is 0.339 e. The van der Waals surface area contributed by atoms with Crippen molar-refractivity contribution in [1.29, 1.82) is 0 Å². The second-order valence-corrected chi connectivity index (χ2v) is 5.32. The van der Waals surface area contributed by atoms with Crippen molar-refractivity contribution in [3.63, 3.8) is 0 Å². The molecule has 0 amide bonds. The molecule has 0 fully saturated rings. The Hall–Kier alpha value is -2.14. The van der Waals surface area contributed by atoms with Gasteiger partial charge in [0, 0.05) is 10.0 Å². The summed E-state index contributed by atoms with van der Waals surface area (Å²) >= 11 is 3.26. The maximum absolute atomic E-state index is 11.5. The minimum atomic E-state index is -1.13. The molecule has 0 aliphatic rings. The Morgan fingerprint density at radius 1 is 1.14 bits per heavy atom. The number of aromatic carboxylic acids is 1. The second kappa shape index (κ2) is 6.54. The van der Waals surface area contributed by atoms with Crippen molar-refractivity contribution in [2.24, 2.45) is 0 Å². The standard InChI is InChI=1S/C16H13BrO4/c1-10(18)12-7-13(16(19)20)15(8-14(12)17)21-9-11-5-3-2-4-6-11/h2-8H,9H2,1H3,(H,19,20). The summed E-state index contributed by atoms with van der Waals surface area (Å²) in [6, 6.07) is 12.3. The molecule has 2 aromatic carbocycles. The Morgan fingerprint density at radius 3 is 2.38 bits per heavy atom. The second-order valence-electron chi connectivity index (χ2n) is 4.46. The zero-order valence-corrected chi connectivity index (χ0v) is 12.9. The van der Waals surface area contributed by atoms with Crippen molar-refractivity contribution >= 4 is 27.7 Å². The van der Waals surface area contributed by atoms with Crippen molar-refractivity contribution in [2.45, 2.75) is 13.5 Å². The molecule has 0 aliphatic heterocycles. The van der Waals surface area contributed by atoms with E-state index < -0.39 is 5.97 Å². The summed E-state index contributed by atoms with van der Waals surface area (Å²) in [4.78, 5) is 22.8. The van der Waals surface area contributed by atoms with Crippen molar-refractivity contribution in [1.82, 2.24) is 0 Å². The highest BCUT2D eigenvalue weighted by molar-refractivity contribution is 9.10. The van der Waals surface area contributed by atoms with Gasteiger partial charge in [-0.15, -0.1) is 0 Å². The van der Waals surface area contributed by atoms with Crippen LogP contribution in [0.1, 0.15) is 33.2 Å². The fourth-order valence-electron chi connectivity index (χ4n) is 1.85. The molecule has 0 atom stereocenters. The van der Waals surface area contributed by atoms with Gasteiger partial charge >= 0.3 is 5.97 Å². The van der Waals surface area contributed by atoms with Gasteiger partial charge in [-0.3, -0.25) is 4.79 Å². The van der Waals surface area contributed by atoms with Crippen LogP contribution in [0.25, 0.3) is 0 Å². The third-order valence-corrected chi connectivity index (χ3v) is 3.57. The molecule has 0 bridgehead atoms. The molecule has 0 radical (unpaired) electrons. The molecule has 2 rings (SSSR count). The molecular weight excluding hydrogens is 336 g/mol.